The lowest BCUT2D eigenvalue weighted by Gasteiger charge is -2.07. The lowest BCUT2D eigenvalue weighted by Crippen LogP contribution is -2.17. The molecule has 0 bridgehead atoms. The molecule has 0 aliphatic heterocycles. The van der Waals surface area contributed by atoms with E-state index in [0.717, 1.165) is 0 Å². The molecular weight excluding hydrogens is 274 g/mol. The first-order chi connectivity index (χ1) is 9.97. The van der Waals surface area contributed by atoms with Gasteiger partial charge in [-0.15, -0.1) is 0 Å². The number of furan rings is 1. The second kappa shape index (κ2) is 5.91. The van der Waals surface area contributed by atoms with Crippen LogP contribution in [0, 0.1) is 0 Å². The second-order valence-corrected chi connectivity index (χ2v) is 4.21. The topological polar surface area (TPSA) is 114 Å². The van der Waals surface area contributed by atoms with Crippen molar-refractivity contribution in [2.45, 2.75) is 6.92 Å². The Kier molecular flexibility index (Phi) is 4.03. The summed E-state index contributed by atoms with van der Waals surface area (Å²) < 4.78 is 5.17. The van der Waals surface area contributed by atoms with Crippen LogP contribution >= 0.6 is 0 Å². The lowest BCUT2D eigenvalue weighted by molar-refractivity contribution is -0.114. The summed E-state index contributed by atoms with van der Waals surface area (Å²) in [4.78, 5) is 34.2. The molecule has 1 aromatic carbocycles. The van der Waals surface area contributed by atoms with Crippen LogP contribution in [0.4, 0.5) is 11.6 Å². The number of nitrogens with two attached hydrogens (primary N) is 1. The Morgan fingerprint density at radius 1 is 1.05 bits per heavy atom. The first kappa shape index (κ1) is 14.3. The van der Waals surface area contributed by atoms with Gasteiger partial charge < -0.3 is 15.5 Å². The standard InChI is InChI=1S/C14H13N3O4/c1-8(18)16-12-7-6-11(21-12)14(20)17-10-5-3-2-4-9(10)13(15)19/h2-7H,1H3,(H2,15,19)(H,16,18)(H,17,20). The molecule has 108 valence electrons. The highest BCUT2D eigenvalue weighted by Gasteiger charge is 2.15. The van der Waals surface area contributed by atoms with Crippen molar-refractivity contribution in [3.05, 3.63) is 47.7 Å². The molecule has 7 heteroatoms. The van der Waals surface area contributed by atoms with Gasteiger partial charge in [0.25, 0.3) is 11.8 Å². The number of rotatable bonds is 4. The molecule has 0 aliphatic rings. The fourth-order valence-electron chi connectivity index (χ4n) is 1.69. The molecule has 7 nitrogen and oxygen atoms in total. The van der Waals surface area contributed by atoms with Crippen molar-refractivity contribution >= 4 is 29.3 Å². The molecule has 0 unspecified atom stereocenters. The average Bonchev–Trinajstić information content (AvgIpc) is 2.86. The molecule has 0 atom stereocenters. The van der Waals surface area contributed by atoms with Crippen molar-refractivity contribution in [2.24, 2.45) is 5.73 Å². The van der Waals surface area contributed by atoms with Gasteiger partial charge in [-0.05, 0) is 18.2 Å². The molecule has 2 aromatic rings. The smallest absolute Gasteiger partial charge is 0.291 e. The Bertz CT molecular complexity index is 706. The van der Waals surface area contributed by atoms with Crippen molar-refractivity contribution in [1.82, 2.24) is 0 Å². The van der Waals surface area contributed by atoms with Gasteiger partial charge in [-0.25, -0.2) is 0 Å². The van der Waals surface area contributed by atoms with Gasteiger partial charge in [0.2, 0.25) is 5.91 Å². The first-order valence-electron chi connectivity index (χ1n) is 6.05. The van der Waals surface area contributed by atoms with Gasteiger partial charge >= 0.3 is 0 Å². The Labute approximate surface area is 120 Å². The molecule has 0 saturated carbocycles. The maximum atomic E-state index is 12.0. The Hall–Kier alpha value is -3.09. The Morgan fingerprint density at radius 3 is 2.43 bits per heavy atom. The number of hydrogen-bond acceptors (Lipinski definition) is 4. The van der Waals surface area contributed by atoms with Crippen molar-refractivity contribution in [3.8, 4) is 0 Å². The number of primary amides is 1. The highest BCUT2D eigenvalue weighted by atomic mass is 16.4. The monoisotopic (exact) mass is 287 g/mol. The van der Waals surface area contributed by atoms with E-state index in [2.05, 4.69) is 10.6 Å². The first-order valence-corrected chi connectivity index (χ1v) is 6.05. The Balaban J connectivity index is 2.17. The third-order valence-corrected chi connectivity index (χ3v) is 2.57. The maximum absolute atomic E-state index is 12.0. The third-order valence-electron chi connectivity index (χ3n) is 2.57. The van der Waals surface area contributed by atoms with Gasteiger partial charge in [-0.3, -0.25) is 19.7 Å². The molecule has 1 aromatic heterocycles. The molecule has 0 radical (unpaired) electrons. The van der Waals surface area contributed by atoms with Gasteiger partial charge in [0, 0.05) is 13.0 Å². The minimum absolute atomic E-state index is 0.00183. The Morgan fingerprint density at radius 2 is 1.76 bits per heavy atom. The molecular formula is C14H13N3O4. The van der Waals surface area contributed by atoms with E-state index in [4.69, 9.17) is 10.2 Å². The lowest BCUT2D eigenvalue weighted by atomic mass is 10.1. The summed E-state index contributed by atoms with van der Waals surface area (Å²) in [5.74, 6) is -1.35. The van der Waals surface area contributed by atoms with E-state index in [1.165, 1.54) is 25.1 Å². The van der Waals surface area contributed by atoms with Crippen molar-refractivity contribution in [2.75, 3.05) is 10.6 Å². The van der Waals surface area contributed by atoms with Crippen LogP contribution in [-0.4, -0.2) is 17.7 Å². The van der Waals surface area contributed by atoms with E-state index in [9.17, 15) is 14.4 Å². The predicted molar refractivity (Wildman–Crippen MR) is 75.9 cm³/mol. The number of para-hydroxylation sites is 1. The summed E-state index contributed by atoms with van der Waals surface area (Å²) in [5.41, 5.74) is 5.71. The molecule has 2 rings (SSSR count). The van der Waals surface area contributed by atoms with Gasteiger partial charge in [0.1, 0.15) is 0 Å². The number of hydrogen-bond donors (Lipinski definition) is 3. The zero-order valence-electron chi connectivity index (χ0n) is 11.2. The zero-order chi connectivity index (χ0) is 15.4. The van der Waals surface area contributed by atoms with Crippen LogP contribution in [0.15, 0.2) is 40.8 Å². The molecule has 1 heterocycles. The molecule has 4 N–H and O–H groups in total. The average molecular weight is 287 g/mol. The van der Waals surface area contributed by atoms with Crippen LogP contribution in [-0.2, 0) is 4.79 Å². The van der Waals surface area contributed by atoms with Crippen LogP contribution in [0.3, 0.4) is 0 Å². The maximum Gasteiger partial charge on any atom is 0.291 e. The van der Waals surface area contributed by atoms with Crippen LogP contribution in [0.25, 0.3) is 0 Å². The highest BCUT2D eigenvalue weighted by Crippen LogP contribution is 2.18. The largest absolute Gasteiger partial charge is 0.435 e. The molecule has 3 amide bonds. The third kappa shape index (κ3) is 3.47. The van der Waals surface area contributed by atoms with Crippen LogP contribution in [0.1, 0.15) is 27.8 Å². The number of carbonyl (C=O) groups excluding carboxylic acids is 3. The molecule has 0 spiro atoms. The summed E-state index contributed by atoms with van der Waals surface area (Å²) in [5, 5.41) is 4.94. The number of nitrogens with one attached hydrogen (secondary N) is 2. The molecule has 0 aliphatic carbocycles. The predicted octanol–water partition coefficient (Wildman–Crippen LogP) is 1.59. The SMILES string of the molecule is CC(=O)Nc1ccc(C(=O)Nc2ccccc2C(N)=O)o1. The number of anilines is 2. The minimum atomic E-state index is -0.649. The van der Waals surface area contributed by atoms with E-state index in [-0.39, 0.29) is 28.8 Å². The van der Waals surface area contributed by atoms with Crippen LogP contribution in [0.5, 0.6) is 0 Å². The summed E-state index contributed by atoms with van der Waals surface area (Å²) in [6.07, 6.45) is 0. The van der Waals surface area contributed by atoms with E-state index < -0.39 is 11.8 Å². The van der Waals surface area contributed by atoms with Gasteiger partial charge in [-0.2, -0.15) is 0 Å². The normalized spacial score (nSPS) is 9.95. The van der Waals surface area contributed by atoms with Gasteiger partial charge in [0.15, 0.2) is 11.6 Å². The molecule has 0 fully saturated rings. The summed E-state index contributed by atoms with van der Waals surface area (Å²) in [7, 11) is 0. The highest BCUT2D eigenvalue weighted by molar-refractivity contribution is 6.07. The minimum Gasteiger partial charge on any atom is -0.435 e. The summed E-state index contributed by atoms with van der Waals surface area (Å²) >= 11 is 0. The van der Waals surface area contributed by atoms with E-state index >= 15 is 0 Å². The quantitative estimate of drug-likeness (QED) is 0.792. The fraction of sp³-hybridized carbons (Fsp3) is 0.0714. The number of benzene rings is 1. The van der Waals surface area contributed by atoms with Crippen molar-refractivity contribution in [3.63, 3.8) is 0 Å². The van der Waals surface area contributed by atoms with Crippen molar-refractivity contribution < 1.29 is 18.8 Å². The zero-order valence-corrected chi connectivity index (χ0v) is 11.2. The second-order valence-electron chi connectivity index (χ2n) is 4.21. The van der Waals surface area contributed by atoms with Crippen LogP contribution < -0.4 is 16.4 Å². The van der Waals surface area contributed by atoms with E-state index in [0.29, 0.717) is 0 Å². The van der Waals surface area contributed by atoms with Gasteiger partial charge in [-0.1, -0.05) is 12.1 Å². The molecule has 0 saturated heterocycles. The van der Waals surface area contributed by atoms with Crippen molar-refractivity contribution in [1.29, 1.82) is 0 Å². The number of carbonyl (C=O) groups is 3. The molecule has 21 heavy (non-hydrogen) atoms. The van der Waals surface area contributed by atoms with E-state index in [1.54, 1.807) is 18.2 Å². The van der Waals surface area contributed by atoms with Gasteiger partial charge in [0.05, 0.1) is 11.3 Å². The summed E-state index contributed by atoms with van der Waals surface area (Å²) in [6, 6.07) is 9.22. The van der Waals surface area contributed by atoms with Crippen LogP contribution in [0.2, 0.25) is 0 Å². The number of amides is 3. The van der Waals surface area contributed by atoms with E-state index in [1.807, 2.05) is 0 Å². The fourth-order valence-corrected chi connectivity index (χ4v) is 1.69. The summed E-state index contributed by atoms with van der Waals surface area (Å²) in [6.45, 7) is 1.32.